The number of pyridine rings is 2. The van der Waals surface area contributed by atoms with E-state index in [1.165, 1.54) is 12.3 Å². The second-order valence-corrected chi connectivity index (χ2v) is 4.75. The summed E-state index contributed by atoms with van der Waals surface area (Å²) in [6, 6.07) is 3.27. The molecule has 0 aliphatic heterocycles. The van der Waals surface area contributed by atoms with Crippen LogP contribution in [0.25, 0.3) is 10.9 Å². The molecule has 0 aliphatic rings. The van der Waals surface area contributed by atoms with Crippen LogP contribution in [-0.4, -0.2) is 15.5 Å². The molecule has 0 radical (unpaired) electrons. The third kappa shape index (κ3) is 2.52. The van der Waals surface area contributed by atoms with Gasteiger partial charge in [0, 0.05) is 28.9 Å². The third-order valence-corrected chi connectivity index (χ3v) is 2.95. The van der Waals surface area contributed by atoms with Crippen molar-refractivity contribution in [1.29, 1.82) is 0 Å². The molecule has 1 N–H and O–H groups in total. The Hall–Kier alpha value is -1.71. The Kier molecular flexibility index (Phi) is 2.96. The molecule has 0 bridgehead atoms. The summed E-state index contributed by atoms with van der Waals surface area (Å²) < 4.78 is 13.2. The maximum atomic E-state index is 13.2. The molecule has 0 unspecified atom stereocenters. The molecule has 4 heteroatoms. The predicted molar refractivity (Wildman–Crippen MR) is 67.5 cm³/mol. The van der Waals surface area contributed by atoms with Crippen molar-refractivity contribution in [3.63, 3.8) is 0 Å². The summed E-state index contributed by atoms with van der Waals surface area (Å²) in [6.07, 6.45) is 4.13. The number of aromatic nitrogens is 2. The molecule has 2 aromatic heterocycles. The van der Waals surface area contributed by atoms with Crippen LogP contribution < -0.4 is 5.32 Å². The van der Waals surface area contributed by atoms with Crippen molar-refractivity contribution in [2.75, 3.05) is 5.32 Å². The first-order valence-electron chi connectivity index (χ1n) is 5.70. The maximum Gasteiger partial charge on any atom is 0.213 e. The molecule has 0 aliphatic carbocycles. The fourth-order valence-corrected chi connectivity index (χ4v) is 1.59. The van der Waals surface area contributed by atoms with E-state index in [2.05, 4.69) is 36.1 Å². The summed E-state index contributed by atoms with van der Waals surface area (Å²) in [5, 5.41) is 4.17. The lowest BCUT2D eigenvalue weighted by molar-refractivity contribution is 0.548. The number of anilines is 1. The lowest BCUT2D eigenvalue weighted by Crippen LogP contribution is -2.29. The predicted octanol–water partition coefficient (Wildman–Crippen LogP) is 3.37. The van der Waals surface area contributed by atoms with E-state index in [9.17, 15) is 4.39 Å². The van der Waals surface area contributed by atoms with E-state index >= 15 is 0 Å². The van der Waals surface area contributed by atoms with Crippen molar-refractivity contribution in [3.8, 4) is 0 Å². The summed E-state index contributed by atoms with van der Waals surface area (Å²) in [7, 11) is 0. The van der Waals surface area contributed by atoms with Crippen LogP contribution in [0.3, 0.4) is 0 Å². The smallest absolute Gasteiger partial charge is 0.213 e. The van der Waals surface area contributed by atoms with Gasteiger partial charge in [-0.3, -0.25) is 4.98 Å². The Morgan fingerprint density at radius 1 is 1.35 bits per heavy atom. The molecular weight excluding hydrogens is 217 g/mol. The molecule has 0 aromatic carbocycles. The standard InChI is InChI=1S/C13H16FN3/c1-4-13(2,3)17-10-5-6-15-11-8-16-12(14)7-9(10)11/h5-8H,4H2,1-3H3,(H,15,17). The van der Waals surface area contributed by atoms with Gasteiger partial charge in [0.15, 0.2) is 0 Å². The van der Waals surface area contributed by atoms with E-state index in [4.69, 9.17) is 0 Å². The van der Waals surface area contributed by atoms with E-state index < -0.39 is 5.95 Å². The molecule has 2 heterocycles. The van der Waals surface area contributed by atoms with Gasteiger partial charge in [0.25, 0.3) is 0 Å². The molecular formula is C13H16FN3. The Bertz CT molecular complexity index is 537. The molecule has 0 amide bonds. The molecule has 0 spiro atoms. The van der Waals surface area contributed by atoms with Gasteiger partial charge in [0.05, 0.1) is 11.7 Å². The highest BCUT2D eigenvalue weighted by atomic mass is 19.1. The first-order valence-corrected chi connectivity index (χ1v) is 5.70. The van der Waals surface area contributed by atoms with E-state index in [1.807, 2.05) is 6.07 Å². The molecule has 0 saturated carbocycles. The van der Waals surface area contributed by atoms with Gasteiger partial charge in [-0.25, -0.2) is 4.98 Å². The number of nitrogens with zero attached hydrogens (tertiary/aromatic N) is 2. The van der Waals surface area contributed by atoms with Gasteiger partial charge in [-0.1, -0.05) is 6.92 Å². The minimum Gasteiger partial charge on any atom is -0.380 e. The number of fused-ring (bicyclic) bond motifs is 1. The van der Waals surface area contributed by atoms with E-state index in [0.29, 0.717) is 5.52 Å². The lowest BCUT2D eigenvalue weighted by atomic mass is 10.0. The molecule has 0 saturated heterocycles. The average Bonchev–Trinajstić information content (AvgIpc) is 2.30. The van der Waals surface area contributed by atoms with Crippen molar-refractivity contribution in [3.05, 3.63) is 30.5 Å². The van der Waals surface area contributed by atoms with Gasteiger partial charge < -0.3 is 5.32 Å². The number of nitrogens with one attached hydrogen (secondary N) is 1. The van der Waals surface area contributed by atoms with Gasteiger partial charge in [-0.15, -0.1) is 0 Å². The van der Waals surface area contributed by atoms with E-state index in [-0.39, 0.29) is 5.54 Å². The highest BCUT2D eigenvalue weighted by molar-refractivity contribution is 5.90. The summed E-state index contributed by atoms with van der Waals surface area (Å²) in [6.45, 7) is 6.33. The van der Waals surface area contributed by atoms with Crippen molar-refractivity contribution in [1.82, 2.24) is 9.97 Å². The fourth-order valence-electron chi connectivity index (χ4n) is 1.59. The first-order chi connectivity index (χ1) is 8.02. The second kappa shape index (κ2) is 4.28. The van der Waals surface area contributed by atoms with Crippen molar-refractivity contribution in [2.24, 2.45) is 0 Å². The van der Waals surface area contributed by atoms with Gasteiger partial charge in [-0.2, -0.15) is 4.39 Å². The molecule has 2 aromatic rings. The highest BCUT2D eigenvalue weighted by Crippen LogP contribution is 2.25. The second-order valence-electron chi connectivity index (χ2n) is 4.75. The minimum atomic E-state index is -0.483. The maximum absolute atomic E-state index is 13.2. The van der Waals surface area contributed by atoms with Crippen LogP contribution in [-0.2, 0) is 0 Å². The Morgan fingerprint density at radius 3 is 2.82 bits per heavy atom. The third-order valence-electron chi connectivity index (χ3n) is 2.95. The number of rotatable bonds is 3. The van der Waals surface area contributed by atoms with Crippen molar-refractivity contribution >= 4 is 16.6 Å². The zero-order valence-corrected chi connectivity index (χ0v) is 10.3. The summed E-state index contributed by atoms with van der Waals surface area (Å²) >= 11 is 0. The number of halogens is 1. The average molecular weight is 233 g/mol. The zero-order valence-electron chi connectivity index (χ0n) is 10.3. The minimum absolute atomic E-state index is 0.0337. The fraction of sp³-hybridized carbons (Fsp3) is 0.385. The summed E-state index contributed by atoms with van der Waals surface area (Å²) in [5.74, 6) is -0.483. The van der Waals surface area contributed by atoms with E-state index in [1.54, 1.807) is 6.20 Å². The van der Waals surface area contributed by atoms with Crippen LogP contribution in [0.1, 0.15) is 27.2 Å². The number of hydrogen-bond donors (Lipinski definition) is 1. The van der Waals surface area contributed by atoms with Gasteiger partial charge in [-0.05, 0) is 26.3 Å². The van der Waals surface area contributed by atoms with E-state index in [0.717, 1.165) is 17.5 Å². The van der Waals surface area contributed by atoms with Crippen LogP contribution >= 0.6 is 0 Å². The molecule has 0 fully saturated rings. The summed E-state index contributed by atoms with van der Waals surface area (Å²) in [5.41, 5.74) is 1.56. The highest BCUT2D eigenvalue weighted by Gasteiger charge is 2.15. The van der Waals surface area contributed by atoms with Gasteiger partial charge >= 0.3 is 0 Å². The van der Waals surface area contributed by atoms with Gasteiger partial charge in [0.1, 0.15) is 0 Å². The van der Waals surface area contributed by atoms with Crippen molar-refractivity contribution < 1.29 is 4.39 Å². The Morgan fingerprint density at radius 2 is 2.12 bits per heavy atom. The van der Waals surface area contributed by atoms with Gasteiger partial charge in [0.2, 0.25) is 5.95 Å². The summed E-state index contributed by atoms with van der Waals surface area (Å²) in [4.78, 5) is 7.78. The molecule has 2 rings (SSSR count). The normalized spacial score (nSPS) is 11.8. The van der Waals surface area contributed by atoms with Crippen LogP contribution in [0.2, 0.25) is 0 Å². The van der Waals surface area contributed by atoms with Crippen LogP contribution in [0.15, 0.2) is 24.5 Å². The quantitative estimate of drug-likeness (QED) is 0.826. The molecule has 17 heavy (non-hydrogen) atoms. The number of hydrogen-bond acceptors (Lipinski definition) is 3. The zero-order chi connectivity index (χ0) is 12.5. The largest absolute Gasteiger partial charge is 0.380 e. The SMILES string of the molecule is CCC(C)(C)Nc1ccnc2cnc(F)cc12. The molecule has 3 nitrogen and oxygen atoms in total. The van der Waals surface area contributed by atoms with Crippen molar-refractivity contribution in [2.45, 2.75) is 32.7 Å². The Balaban J connectivity index is 2.50. The molecule has 90 valence electrons. The van der Waals surface area contributed by atoms with Crippen LogP contribution in [0.4, 0.5) is 10.1 Å². The van der Waals surface area contributed by atoms with Crippen LogP contribution in [0, 0.1) is 5.95 Å². The molecule has 0 atom stereocenters. The monoisotopic (exact) mass is 233 g/mol. The Labute approximate surface area is 100 Å². The topological polar surface area (TPSA) is 37.8 Å². The van der Waals surface area contributed by atoms with Crippen LogP contribution in [0.5, 0.6) is 0 Å². The first kappa shape index (κ1) is 11.8. The lowest BCUT2D eigenvalue weighted by Gasteiger charge is -2.26.